The van der Waals surface area contributed by atoms with Crippen molar-refractivity contribution in [2.45, 2.75) is 25.4 Å². The first-order valence-corrected chi connectivity index (χ1v) is 5.70. The Morgan fingerprint density at radius 3 is 2.33 bits per heavy atom. The molecular formula is C12H12ClF3O2. The minimum absolute atomic E-state index is 0.0424. The Morgan fingerprint density at radius 1 is 1.33 bits per heavy atom. The summed E-state index contributed by atoms with van der Waals surface area (Å²) in [5.74, 6) is -2.22. The zero-order valence-corrected chi connectivity index (χ0v) is 10.4. The number of hydrogen-bond acceptors (Lipinski definition) is 2. The maximum Gasteiger partial charge on any atom is 0.390 e. The largest absolute Gasteiger partial charge is 0.466 e. The summed E-state index contributed by atoms with van der Waals surface area (Å²) in [6, 6.07) is 5.68. The molecule has 0 saturated heterocycles. The van der Waals surface area contributed by atoms with Gasteiger partial charge in [-0.1, -0.05) is 23.7 Å². The lowest BCUT2D eigenvalue weighted by Crippen LogP contribution is -2.22. The van der Waals surface area contributed by atoms with E-state index < -0.39 is 24.5 Å². The van der Waals surface area contributed by atoms with E-state index in [0.29, 0.717) is 5.02 Å². The number of esters is 1. The fourth-order valence-corrected chi connectivity index (χ4v) is 1.63. The van der Waals surface area contributed by atoms with E-state index in [9.17, 15) is 18.0 Å². The second kappa shape index (κ2) is 6.09. The molecule has 0 spiro atoms. The summed E-state index contributed by atoms with van der Waals surface area (Å²) in [6.45, 7) is 1.59. The molecule has 100 valence electrons. The van der Waals surface area contributed by atoms with Crippen LogP contribution in [0.4, 0.5) is 13.2 Å². The Kier molecular flexibility index (Phi) is 5.02. The van der Waals surface area contributed by atoms with Gasteiger partial charge in [0.05, 0.1) is 18.9 Å². The molecule has 1 aromatic rings. The molecule has 0 radical (unpaired) electrons. The molecule has 18 heavy (non-hydrogen) atoms. The number of ether oxygens (including phenoxy) is 1. The van der Waals surface area contributed by atoms with Crippen LogP contribution in [0, 0.1) is 0 Å². The van der Waals surface area contributed by atoms with Crippen LogP contribution in [-0.4, -0.2) is 18.8 Å². The Hall–Kier alpha value is -1.23. The number of rotatable bonds is 4. The Labute approximate surface area is 108 Å². The van der Waals surface area contributed by atoms with Crippen LogP contribution in [0.25, 0.3) is 0 Å². The summed E-state index contributed by atoms with van der Waals surface area (Å²) in [6.07, 6.45) is -5.68. The van der Waals surface area contributed by atoms with Crippen LogP contribution < -0.4 is 0 Å². The van der Waals surface area contributed by atoms with Crippen molar-refractivity contribution in [3.63, 3.8) is 0 Å². The normalized spacial score (nSPS) is 13.2. The van der Waals surface area contributed by atoms with E-state index in [1.54, 1.807) is 6.92 Å². The minimum atomic E-state index is -4.43. The quantitative estimate of drug-likeness (QED) is 0.781. The summed E-state index contributed by atoms with van der Waals surface area (Å²) in [4.78, 5) is 11.6. The van der Waals surface area contributed by atoms with Gasteiger partial charge in [0.1, 0.15) is 0 Å². The molecule has 0 aliphatic carbocycles. The van der Waals surface area contributed by atoms with Gasteiger partial charge in [-0.25, -0.2) is 0 Å². The fourth-order valence-electron chi connectivity index (χ4n) is 1.51. The molecule has 6 heteroatoms. The van der Waals surface area contributed by atoms with Gasteiger partial charge in [-0.3, -0.25) is 4.79 Å². The number of alkyl halides is 3. The van der Waals surface area contributed by atoms with Crippen molar-refractivity contribution in [3.05, 3.63) is 34.9 Å². The number of halogens is 4. The van der Waals surface area contributed by atoms with E-state index >= 15 is 0 Å². The molecule has 1 rings (SSSR count). The molecule has 2 nitrogen and oxygen atoms in total. The zero-order valence-electron chi connectivity index (χ0n) is 9.63. The van der Waals surface area contributed by atoms with Gasteiger partial charge >= 0.3 is 12.1 Å². The van der Waals surface area contributed by atoms with Gasteiger partial charge < -0.3 is 4.74 Å². The van der Waals surface area contributed by atoms with Gasteiger partial charge in [-0.05, 0) is 24.6 Å². The van der Waals surface area contributed by atoms with E-state index in [-0.39, 0.29) is 12.2 Å². The average molecular weight is 281 g/mol. The van der Waals surface area contributed by atoms with Crippen LogP contribution in [0.1, 0.15) is 24.8 Å². The summed E-state index contributed by atoms with van der Waals surface area (Å²) >= 11 is 5.65. The van der Waals surface area contributed by atoms with Crippen molar-refractivity contribution in [2.24, 2.45) is 0 Å². The highest BCUT2D eigenvalue weighted by molar-refractivity contribution is 6.30. The molecule has 0 aliphatic rings. The third-order valence-electron chi connectivity index (χ3n) is 2.28. The van der Waals surface area contributed by atoms with Crippen molar-refractivity contribution in [2.75, 3.05) is 6.61 Å². The lowest BCUT2D eigenvalue weighted by atomic mass is 9.95. The van der Waals surface area contributed by atoms with Gasteiger partial charge in [0.15, 0.2) is 0 Å². The minimum Gasteiger partial charge on any atom is -0.466 e. The van der Waals surface area contributed by atoms with E-state index in [4.69, 9.17) is 11.6 Å². The monoisotopic (exact) mass is 280 g/mol. The van der Waals surface area contributed by atoms with Crippen molar-refractivity contribution in [1.29, 1.82) is 0 Å². The fraction of sp³-hybridized carbons (Fsp3) is 0.417. The summed E-state index contributed by atoms with van der Waals surface area (Å²) in [5.41, 5.74) is 0.246. The van der Waals surface area contributed by atoms with E-state index in [1.807, 2.05) is 0 Å². The summed E-state index contributed by atoms with van der Waals surface area (Å²) in [7, 11) is 0. The third-order valence-corrected chi connectivity index (χ3v) is 2.53. The van der Waals surface area contributed by atoms with Gasteiger partial charge in [0, 0.05) is 5.02 Å². The average Bonchev–Trinajstić information content (AvgIpc) is 2.26. The van der Waals surface area contributed by atoms with Crippen LogP contribution in [0.3, 0.4) is 0 Å². The van der Waals surface area contributed by atoms with Crippen molar-refractivity contribution >= 4 is 17.6 Å². The molecule has 0 amide bonds. The van der Waals surface area contributed by atoms with Crippen LogP contribution in [0.15, 0.2) is 24.3 Å². The summed E-state index contributed by atoms with van der Waals surface area (Å²) in [5, 5.41) is 0.397. The van der Waals surface area contributed by atoms with Gasteiger partial charge in [-0.2, -0.15) is 13.2 Å². The van der Waals surface area contributed by atoms with Crippen LogP contribution in [0.2, 0.25) is 5.02 Å². The molecule has 0 N–H and O–H groups in total. The Morgan fingerprint density at radius 2 is 1.89 bits per heavy atom. The molecule has 0 fully saturated rings. The van der Waals surface area contributed by atoms with E-state index in [0.717, 1.165) is 0 Å². The topological polar surface area (TPSA) is 26.3 Å². The Bertz CT molecular complexity index is 401. The lowest BCUT2D eigenvalue weighted by Gasteiger charge is -2.17. The number of hydrogen-bond donors (Lipinski definition) is 0. The molecule has 1 unspecified atom stereocenters. The summed E-state index contributed by atoms with van der Waals surface area (Å²) < 4.78 is 42.0. The maximum atomic E-state index is 12.4. The molecule has 0 bridgehead atoms. The van der Waals surface area contributed by atoms with Gasteiger partial charge in [0.2, 0.25) is 0 Å². The highest BCUT2D eigenvalue weighted by Gasteiger charge is 2.37. The molecule has 0 aromatic heterocycles. The number of benzene rings is 1. The molecule has 0 aliphatic heterocycles. The van der Waals surface area contributed by atoms with E-state index in [1.165, 1.54) is 24.3 Å². The SMILES string of the molecule is CCOC(=O)C(CC(F)(F)F)c1ccc(Cl)cc1. The first-order valence-electron chi connectivity index (χ1n) is 5.32. The van der Waals surface area contributed by atoms with E-state index in [2.05, 4.69) is 4.74 Å². The second-order valence-electron chi connectivity index (χ2n) is 3.68. The van der Waals surface area contributed by atoms with Crippen molar-refractivity contribution < 1.29 is 22.7 Å². The van der Waals surface area contributed by atoms with Gasteiger partial charge in [0.25, 0.3) is 0 Å². The second-order valence-corrected chi connectivity index (χ2v) is 4.11. The predicted molar refractivity (Wildman–Crippen MR) is 61.5 cm³/mol. The standard InChI is InChI=1S/C12H12ClF3O2/c1-2-18-11(17)10(7-12(14,15)16)8-3-5-9(13)6-4-8/h3-6,10H,2,7H2,1H3. The zero-order chi connectivity index (χ0) is 13.8. The maximum absolute atomic E-state index is 12.4. The Balaban J connectivity index is 2.96. The van der Waals surface area contributed by atoms with Crippen molar-refractivity contribution in [3.8, 4) is 0 Å². The predicted octanol–water partition coefficient (Wildman–Crippen LogP) is 3.94. The molecule has 1 atom stereocenters. The van der Waals surface area contributed by atoms with Crippen molar-refractivity contribution in [1.82, 2.24) is 0 Å². The molecule has 0 saturated carbocycles. The number of carbonyl (C=O) groups excluding carboxylic acids is 1. The van der Waals surface area contributed by atoms with Crippen LogP contribution in [0.5, 0.6) is 0 Å². The first-order chi connectivity index (χ1) is 8.33. The first kappa shape index (κ1) is 14.8. The van der Waals surface area contributed by atoms with Crippen LogP contribution in [-0.2, 0) is 9.53 Å². The number of carbonyl (C=O) groups is 1. The third kappa shape index (κ3) is 4.56. The lowest BCUT2D eigenvalue weighted by molar-refractivity contribution is -0.161. The molecular weight excluding hydrogens is 269 g/mol. The van der Waals surface area contributed by atoms with Gasteiger partial charge in [-0.15, -0.1) is 0 Å². The molecule has 0 heterocycles. The smallest absolute Gasteiger partial charge is 0.390 e. The molecule has 1 aromatic carbocycles. The highest BCUT2D eigenvalue weighted by atomic mass is 35.5. The highest BCUT2D eigenvalue weighted by Crippen LogP contribution is 2.32. The van der Waals surface area contributed by atoms with Crippen LogP contribution >= 0.6 is 11.6 Å².